The van der Waals surface area contributed by atoms with Crippen molar-refractivity contribution >= 4 is 5.97 Å². The van der Waals surface area contributed by atoms with Crippen molar-refractivity contribution in [2.75, 3.05) is 0 Å². The number of halogens is 3. The first-order valence-electron chi connectivity index (χ1n) is 6.96. The van der Waals surface area contributed by atoms with Crippen molar-refractivity contribution in [1.29, 1.82) is 0 Å². The smallest absolute Gasteiger partial charge is 0.422 e. The zero-order chi connectivity index (χ0) is 16.9. The Bertz CT molecular complexity index is 686. The predicted molar refractivity (Wildman–Crippen MR) is 81.5 cm³/mol. The van der Waals surface area contributed by atoms with E-state index in [-0.39, 0.29) is 6.42 Å². The maximum atomic E-state index is 12.7. The van der Waals surface area contributed by atoms with Crippen LogP contribution in [0.15, 0.2) is 66.4 Å². The summed E-state index contributed by atoms with van der Waals surface area (Å²) in [5.74, 6) is -2.27. The number of esters is 1. The summed E-state index contributed by atoms with van der Waals surface area (Å²) in [6.45, 7) is 0.939. The highest BCUT2D eigenvalue weighted by Crippen LogP contribution is 2.27. The molecule has 0 aliphatic heterocycles. The van der Waals surface area contributed by atoms with E-state index in [1.807, 2.05) is 42.5 Å². The number of rotatable bonds is 4. The Morgan fingerprint density at radius 1 is 1.00 bits per heavy atom. The fourth-order valence-electron chi connectivity index (χ4n) is 2.04. The molecule has 0 N–H and O–H groups in total. The normalized spacial score (nSPS) is 12.1. The van der Waals surface area contributed by atoms with Gasteiger partial charge in [0.2, 0.25) is 5.76 Å². The Morgan fingerprint density at radius 2 is 1.57 bits per heavy atom. The molecule has 0 atom stereocenters. The van der Waals surface area contributed by atoms with Gasteiger partial charge in [-0.25, -0.2) is 0 Å². The Labute approximate surface area is 132 Å². The molecule has 120 valence electrons. The van der Waals surface area contributed by atoms with Crippen LogP contribution in [0.3, 0.4) is 0 Å². The first-order chi connectivity index (χ1) is 10.9. The summed E-state index contributed by atoms with van der Waals surface area (Å²) in [7, 11) is 0. The van der Waals surface area contributed by atoms with Gasteiger partial charge in [-0.15, -0.1) is 0 Å². The van der Waals surface area contributed by atoms with E-state index >= 15 is 0 Å². The van der Waals surface area contributed by atoms with Gasteiger partial charge in [-0.3, -0.25) is 4.79 Å². The molecule has 0 saturated carbocycles. The largest absolute Gasteiger partial charge is 0.449 e. The molecule has 2 rings (SSSR count). The Kier molecular flexibility index (Phi) is 5.21. The van der Waals surface area contributed by atoms with Crippen molar-refractivity contribution in [2.45, 2.75) is 19.5 Å². The molecule has 2 nitrogen and oxygen atoms in total. The van der Waals surface area contributed by atoms with Gasteiger partial charge in [0.25, 0.3) is 0 Å². The molecule has 0 aliphatic rings. The van der Waals surface area contributed by atoms with Crippen molar-refractivity contribution in [3.8, 4) is 11.1 Å². The van der Waals surface area contributed by atoms with Crippen molar-refractivity contribution in [3.63, 3.8) is 0 Å². The van der Waals surface area contributed by atoms with Crippen LogP contribution in [0.4, 0.5) is 13.2 Å². The number of allylic oxidation sites excluding steroid dienone is 2. The highest BCUT2D eigenvalue weighted by Gasteiger charge is 2.36. The minimum atomic E-state index is -4.68. The second-order valence-corrected chi connectivity index (χ2v) is 4.93. The maximum absolute atomic E-state index is 12.7. The lowest BCUT2D eigenvalue weighted by atomic mass is 10.0. The lowest BCUT2D eigenvalue weighted by Crippen LogP contribution is -2.17. The first kappa shape index (κ1) is 16.8. The van der Waals surface area contributed by atoms with Gasteiger partial charge in [0, 0.05) is 6.92 Å². The minimum Gasteiger partial charge on any atom is -0.422 e. The van der Waals surface area contributed by atoms with Gasteiger partial charge in [-0.2, -0.15) is 13.2 Å². The fourth-order valence-corrected chi connectivity index (χ4v) is 2.04. The van der Waals surface area contributed by atoms with Crippen LogP contribution in [-0.2, 0) is 16.0 Å². The molecule has 2 aromatic carbocycles. The van der Waals surface area contributed by atoms with Gasteiger partial charge < -0.3 is 4.74 Å². The average Bonchev–Trinajstić information content (AvgIpc) is 2.51. The molecular formula is C18H15F3O2. The van der Waals surface area contributed by atoms with Crippen molar-refractivity contribution in [3.05, 3.63) is 72.0 Å². The molecule has 0 bridgehead atoms. The Hall–Kier alpha value is -2.56. The lowest BCUT2D eigenvalue weighted by Gasteiger charge is -2.10. The van der Waals surface area contributed by atoms with Crippen LogP contribution in [0.25, 0.3) is 11.1 Å². The van der Waals surface area contributed by atoms with Gasteiger partial charge in [-0.05, 0) is 29.2 Å². The quantitative estimate of drug-likeness (QED) is 0.591. The van der Waals surface area contributed by atoms with E-state index in [4.69, 9.17) is 0 Å². The SMILES string of the molecule is CC(=O)OC(=CCc1ccc(-c2ccccc2)cc1)C(F)(F)F. The number of ether oxygens (including phenoxy) is 1. The van der Waals surface area contributed by atoms with E-state index < -0.39 is 17.9 Å². The monoisotopic (exact) mass is 320 g/mol. The zero-order valence-corrected chi connectivity index (χ0v) is 12.4. The molecule has 0 radical (unpaired) electrons. The third kappa shape index (κ3) is 4.98. The zero-order valence-electron chi connectivity index (χ0n) is 12.4. The van der Waals surface area contributed by atoms with Gasteiger partial charge >= 0.3 is 12.1 Å². The van der Waals surface area contributed by atoms with Crippen LogP contribution in [0.2, 0.25) is 0 Å². The minimum absolute atomic E-state index is 0.0250. The summed E-state index contributed by atoms with van der Waals surface area (Å²) in [5.41, 5.74) is 2.71. The summed E-state index contributed by atoms with van der Waals surface area (Å²) in [6, 6.07) is 16.9. The van der Waals surface area contributed by atoms with Gasteiger partial charge in [0.05, 0.1) is 0 Å². The van der Waals surface area contributed by atoms with E-state index in [0.29, 0.717) is 5.56 Å². The number of alkyl halides is 3. The van der Waals surface area contributed by atoms with Gasteiger partial charge in [-0.1, -0.05) is 54.6 Å². The summed E-state index contributed by atoms with van der Waals surface area (Å²) < 4.78 is 42.4. The number of hydrogen-bond acceptors (Lipinski definition) is 2. The van der Waals surface area contributed by atoms with E-state index in [1.54, 1.807) is 12.1 Å². The molecule has 0 heterocycles. The summed E-state index contributed by atoms with van der Waals surface area (Å²) in [5, 5.41) is 0. The summed E-state index contributed by atoms with van der Waals surface area (Å²) in [6.07, 6.45) is -3.79. The molecule has 0 spiro atoms. The van der Waals surface area contributed by atoms with Crippen LogP contribution in [0.5, 0.6) is 0 Å². The molecule has 0 aromatic heterocycles. The Balaban J connectivity index is 2.13. The van der Waals surface area contributed by atoms with Crippen LogP contribution in [0.1, 0.15) is 12.5 Å². The molecule has 5 heteroatoms. The van der Waals surface area contributed by atoms with Crippen LogP contribution >= 0.6 is 0 Å². The number of benzene rings is 2. The second-order valence-electron chi connectivity index (χ2n) is 4.93. The van der Waals surface area contributed by atoms with Crippen molar-refractivity contribution in [1.82, 2.24) is 0 Å². The highest BCUT2D eigenvalue weighted by atomic mass is 19.4. The molecule has 0 fully saturated rings. The summed E-state index contributed by atoms with van der Waals surface area (Å²) in [4.78, 5) is 10.8. The third-order valence-corrected chi connectivity index (χ3v) is 3.12. The maximum Gasteiger partial charge on any atom is 0.449 e. The van der Waals surface area contributed by atoms with E-state index in [1.165, 1.54) is 0 Å². The van der Waals surface area contributed by atoms with E-state index in [0.717, 1.165) is 24.1 Å². The van der Waals surface area contributed by atoms with E-state index in [2.05, 4.69) is 4.74 Å². The summed E-state index contributed by atoms with van der Waals surface area (Å²) >= 11 is 0. The molecule has 2 aromatic rings. The second kappa shape index (κ2) is 7.13. The topological polar surface area (TPSA) is 26.3 Å². The van der Waals surface area contributed by atoms with Crippen molar-refractivity contribution in [2.24, 2.45) is 0 Å². The number of carbonyl (C=O) groups excluding carboxylic acids is 1. The molecule has 0 unspecified atom stereocenters. The predicted octanol–water partition coefficient (Wildman–Crippen LogP) is 4.91. The molecular weight excluding hydrogens is 305 g/mol. The molecule has 0 aliphatic carbocycles. The number of hydrogen-bond donors (Lipinski definition) is 0. The fraction of sp³-hybridized carbons (Fsp3) is 0.167. The third-order valence-electron chi connectivity index (χ3n) is 3.12. The first-order valence-corrected chi connectivity index (χ1v) is 6.96. The number of carbonyl (C=O) groups is 1. The molecule has 0 saturated heterocycles. The molecule has 0 amide bonds. The van der Waals surface area contributed by atoms with Crippen LogP contribution < -0.4 is 0 Å². The van der Waals surface area contributed by atoms with Crippen LogP contribution in [0, 0.1) is 0 Å². The Morgan fingerprint density at radius 3 is 2.09 bits per heavy atom. The van der Waals surface area contributed by atoms with Gasteiger partial charge in [0.15, 0.2) is 0 Å². The molecule has 23 heavy (non-hydrogen) atoms. The average molecular weight is 320 g/mol. The highest BCUT2D eigenvalue weighted by molar-refractivity contribution is 5.67. The van der Waals surface area contributed by atoms with E-state index in [9.17, 15) is 18.0 Å². The van der Waals surface area contributed by atoms with Crippen LogP contribution in [-0.4, -0.2) is 12.1 Å². The standard InChI is InChI=1S/C18H15F3O2/c1-13(22)23-17(18(19,20)21)12-9-14-7-10-16(11-8-14)15-5-3-2-4-6-15/h2-8,10-12H,9H2,1H3. The lowest BCUT2D eigenvalue weighted by molar-refractivity contribution is -0.158. The van der Waals surface area contributed by atoms with Gasteiger partial charge in [0.1, 0.15) is 0 Å². The van der Waals surface area contributed by atoms with Crippen molar-refractivity contribution < 1.29 is 22.7 Å².